The SMILES string of the molecule is CCN(Cc1cccs1)C(=O)CN1CCN(CC(=O)NC2CC2)CC1. The van der Waals surface area contributed by atoms with Gasteiger partial charge in [-0.05, 0) is 31.2 Å². The first kappa shape index (κ1) is 18.4. The molecule has 1 N–H and O–H groups in total. The van der Waals surface area contributed by atoms with Crippen LogP contribution in [-0.4, -0.2) is 78.4 Å². The molecule has 2 heterocycles. The number of piperazine rings is 1. The van der Waals surface area contributed by atoms with E-state index in [0.29, 0.717) is 25.7 Å². The van der Waals surface area contributed by atoms with Crippen molar-refractivity contribution in [1.29, 1.82) is 0 Å². The average Bonchev–Trinajstić information content (AvgIpc) is 3.25. The summed E-state index contributed by atoms with van der Waals surface area (Å²) in [4.78, 5) is 32.0. The third-order valence-electron chi connectivity index (χ3n) is 4.79. The molecule has 2 fully saturated rings. The van der Waals surface area contributed by atoms with E-state index in [0.717, 1.165) is 45.6 Å². The molecule has 0 unspecified atom stereocenters. The number of rotatable bonds is 8. The van der Waals surface area contributed by atoms with Gasteiger partial charge in [-0.1, -0.05) is 6.07 Å². The Balaban J connectivity index is 1.38. The fraction of sp³-hybridized carbons (Fsp3) is 0.667. The minimum Gasteiger partial charge on any atom is -0.352 e. The van der Waals surface area contributed by atoms with Crippen molar-refractivity contribution in [2.45, 2.75) is 32.4 Å². The van der Waals surface area contributed by atoms with Gasteiger partial charge in [0.2, 0.25) is 11.8 Å². The highest BCUT2D eigenvalue weighted by Crippen LogP contribution is 2.18. The van der Waals surface area contributed by atoms with E-state index in [1.807, 2.05) is 23.3 Å². The zero-order valence-electron chi connectivity index (χ0n) is 14.9. The van der Waals surface area contributed by atoms with Crippen molar-refractivity contribution in [1.82, 2.24) is 20.0 Å². The van der Waals surface area contributed by atoms with E-state index in [1.54, 1.807) is 11.3 Å². The van der Waals surface area contributed by atoms with Crippen molar-refractivity contribution in [3.63, 3.8) is 0 Å². The maximum absolute atomic E-state index is 12.6. The minimum atomic E-state index is 0.139. The van der Waals surface area contributed by atoms with Crippen molar-refractivity contribution >= 4 is 23.2 Å². The molecule has 3 rings (SSSR count). The number of carbonyl (C=O) groups excluding carboxylic acids is 2. The topological polar surface area (TPSA) is 55.9 Å². The summed E-state index contributed by atoms with van der Waals surface area (Å²) in [7, 11) is 0. The Bertz CT molecular complexity index is 566. The van der Waals surface area contributed by atoms with Crippen LogP contribution in [0.4, 0.5) is 0 Å². The van der Waals surface area contributed by atoms with Gasteiger partial charge in [0, 0.05) is 43.6 Å². The molecule has 0 aromatic carbocycles. The lowest BCUT2D eigenvalue weighted by Gasteiger charge is -2.34. The normalized spacial score (nSPS) is 18.9. The fourth-order valence-corrected chi connectivity index (χ4v) is 3.79. The molecule has 0 spiro atoms. The van der Waals surface area contributed by atoms with Crippen LogP contribution >= 0.6 is 11.3 Å². The smallest absolute Gasteiger partial charge is 0.237 e. The maximum atomic E-state index is 12.6. The molecule has 1 aliphatic carbocycles. The number of nitrogens with zero attached hydrogens (tertiary/aromatic N) is 3. The molecule has 2 amide bonds. The largest absolute Gasteiger partial charge is 0.352 e. The lowest BCUT2D eigenvalue weighted by Crippen LogP contribution is -2.52. The van der Waals surface area contributed by atoms with E-state index >= 15 is 0 Å². The van der Waals surface area contributed by atoms with Crippen LogP contribution in [0, 0.1) is 0 Å². The predicted molar refractivity (Wildman–Crippen MR) is 99.5 cm³/mol. The summed E-state index contributed by atoms with van der Waals surface area (Å²) < 4.78 is 0. The first-order valence-electron chi connectivity index (χ1n) is 9.18. The number of hydrogen-bond donors (Lipinski definition) is 1. The van der Waals surface area contributed by atoms with Crippen molar-refractivity contribution in [3.05, 3.63) is 22.4 Å². The Morgan fingerprint density at radius 2 is 1.88 bits per heavy atom. The number of nitrogens with one attached hydrogen (secondary N) is 1. The summed E-state index contributed by atoms with van der Waals surface area (Å²) >= 11 is 1.69. The Hall–Kier alpha value is -1.44. The Morgan fingerprint density at radius 1 is 1.20 bits per heavy atom. The number of hydrogen-bond acceptors (Lipinski definition) is 5. The molecular formula is C18H28N4O2S. The van der Waals surface area contributed by atoms with E-state index in [2.05, 4.69) is 21.2 Å². The van der Waals surface area contributed by atoms with Crippen LogP contribution in [0.5, 0.6) is 0 Å². The molecule has 138 valence electrons. The Kier molecular flexibility index (Phi) is 6.45. The second-order valence-corrected chi connectivity index (χ2v) is 7.91. The lowest BCUT2D eigenvalue weighted by atomic mass is 10.3. The molecule has 1 aromatic rings. The molecule has 0 atom stereocenters. The average molecular weight is 365 g/mol. The summed E-state index contributed by atoms with van der Waals surface area (Å²) in [6.07, 6.45) is 2.25. The standard InChI is InChI=1S/C18H28N4O2S/c1-2-22(12-16-4-3-11-25-16)18(24)14-21-9-7-20(8-10-21)13-17(23)19-15-5-6-15/h3-4,11,15H,2,5-10,12-14H2,1H3,(H,19,23). The second kappa shape index (κ2) is 8.78. The molecule has 7 heteroatoms. The monoisotopic (exact) mass is 364 g/mol. The van der Waals surface area contributed by atoms with Crippen molar-refractivity contribution in [3.8, 4) is 0 Å². The fourth-order valence-electron chi connectivity index (χ4n) is 3.07. The quantitative estimate of drug-likeness (QED) is 0.748. The van der Waals surface area contributed by atoms with Gasteiger partial charge in [-0.3, -0.25) is 19.4 Å². The predicted octanol–water partition coefficient (Wildman–Crippen LogP) is 0.993. The third-order valence-corrected chi connectivity index (χ3v) is 5.66. The van der Waals surface area contributed by atoms with Gasteiger partial charge < -0.3 is 10.2 Å². The summed E-state index contributed by atoms with van der Waals surface area (Å²) in [5.41, 5.74) is 0. The molecule has 0 bridgehead atoms. The van der Waals surface area contributed by atoms with Gasteiger partial charge >= 0.3 is 0 Å². The van der Waals surface area contributed by atoms with Crippen LogP contribution < -0.4 is 5.32 Å². The van der Waals surface area contributed by atoms with Crippen LogP contribution in [0.25, 0.3) is 0 Å². The first-order chi connectivity index (χ1) is 12.1. The van der Waals surface area contributed by atoms with Crippen LogP contribution in [0.15, 0.2) is 17.5 Å². The first-order valence-corrected chi connectivity index (χ1v) is 10.1. The van der Waals surface area contributed by atoms with Gasteiger partial charge in [-0.25, -0.2) is 0 Å². The molecule has 2 aliphatic rings. The van der Waals surface area contributed by atoms with Gasteiger partial charge in [-0.2, -0.15) is 0 Å². The van der Waals surface area contributed by atoms with E-state index in [-0.39, 0.29) is 11.8 Å². The van der Waals surface area contributed by atoms with Crippen molar-refractivity contribution in [2.75, 3.05) is 45.8 Å². The van der Waals surface area contributed by atoms with E-state index in [9.17, 15) is 9.59 Å². The van der Waals surface area contributed by atoms with Gasteiger partial charge in [0.15, 0.2) is 0 Å². The van der Waals surface area contributed by atoms with Crippen LogP contribution in [0.1, 0.15) is 24.6 Å². The van der Waals surface area contributed by atoms with Crippen molar-refractivity contribution < 1.29 is 9.59 Å². The summed E-state index contributed by atoms with van der Waals surface area (Å²) in [5, 5.41) is 5.08. The van der Waals surface area contributed by atoms with E-state index < -0.39 is 0 Å². The summed E-state index contributed by atoms with van der Waals surface area (Å²) in [6.45, 7) is 7.82. The zero-order chi connectivity index (χ0) is 17.6. The van der Waals surface area contributed by atoms with Gasteiger partial charge in [0.1, 0.15) is 0 Å². The molecule has 0 radical (unpaired) electrons. The highest BCUT2D eigenvalue weighted by molar-refractivity contribution is 7.09. The van der Waals surface area contributed by atoms with E-state index in [4.69, 9.17) is 0 Å². The zero-order valence-corrected chi connectivity index (χ0v) is 15.8. The second-order valence-electron chi connectivity index (χ2n) is 6.88. The van der Waals surface area contributed by atoms with Crippen LogP contribution in [-0.2, 0) is 16.1 Å². The number of carbonyl (C=O) groups is 2. The number of thiophene rings is 1. The molecule has 6 nitrogen and oxygen atoms in total. The summed E-state index contributed by atoms with van der Waals surface area (Å²) in [6, 6.07) is 4.53. The Labute approximate surface area is 153 Å². The molecule has 25 heavy (non-hydrogen) atoms. The van der Waals surface area contributed by atoms with Crippen LogP contribution in [0.3, 0.4) is 0 Å². The number of amides is 2. The highest BCUT2D eigenvalue weighted by Gasteiger charge is 2.26. The Morgan fingerprint density at radius 3 is 2.44 bits per heavy atom. The van der Waals surface area contributed by atoms with Crippen molar-refractivity contribution in [2.24, 2.45) is 0 Å². The molecule has 1 saturated carbocycles. The van der Waals surface area contributed by atoms with Gasteiger partial charge in [-0.15, -0.1) is 11.3 Å². The third kappa shape index (κ3) is 5.80. The molecule has 1 saturated heterocycles. The minimum absolute atomic E-state index is 0.139. The number of likely N-dealkylation sites (N-methyl/N-ethyl adjacent to an activating group) is 1. The summed E-state index contributed by atoms with van der Waals surface area (Å²) in [5.74, 6) is 0.330. The molecule has 1 aromatic heterocycles. The van der Waals surface area contributed by atoms with Crippen LogP contribution in [0.2, 0.25) is 0 Å². The van der Waals surface area contributed by atoms with Gasteiger partial charge in [0.05, 0.1) is 19.6 Å². The molecular weight excluding hydrogens is 336 g/mol. The maximum Gasteiger partial charge on any atom is 0.237 e. The van der Waals surface area contributed by atoms with E-state index in [1.165, 1.54) is 4.88 Å². The van der Waals surface area contributed by atoms with Gasteiger partial charge in [0.25, 0.3) is 0 Å². The highest BCUT2D eigenvalue weighted by atomic mass is 32.1. The molecule has 1 aliphatic heterocycles. The lowest BCUT2D eigenvalue weighted by molar-refractivity contribution is -0.133.